The molecule has 0 bridgehead atoms. The van der Waals surface area contributed by atoms with E-state index in [1.54, 1.807) is 0 Å². The van der Waals surface area contributed by atoms with Gasteiger partial charge in [0.1, 0.15) is 19.3 Å². The predicted molar refractivity (Wildman–Crippen MR) is 363 cm³/mol. The first-order chi connectivity index (χ1) is 43.4. The summed E-state index contributed by atoms with van der Waals surface area (Å²) in [6, 6.07) is 0. The van der Waals surface area contributed by atoms with Crippen molar-refractivity contribution in [2.45, 2.75) is 381 Å². The van der Waals surface area contributed by atoms with Gasteiger partial charge in [-0.1, -0.05) is 311 Å². The molecule has 0 aliphatic heterocycles. The number of hydrogen-bond acceptors (Lipinski definition) is 15. The lowest BCUT2D eigenvalue weighted by atomic mass is 10.00. The van der Waals surface area contributed by atoms with Gasteiger partial charge in [0, 0.05) is 25.7 Å². The average molecular weight is 1330 g/mol. The molecule has 6 atom stereocenters. The first-order valence-corrected chi connectivity index (χ1v) is 40.0. The maximum absolute atomic E-state index is 13.0. The Kier molecular flexibility index (Phi) is 61.8. The highest BCUT2D eigenvalue weighted by molar-refractivity contribution is 7.47. The minimum atomic E-state index is -4.95. The first-order valence-electron chi connectivity index (χ1n) is 37.0. The maximum atomic E-state index is 13.0. The molecule has 0 aliphatic rings. The third kappa shape index (κ3) is 63.5. The predicted octanol–water partition coefficient (Wildman–Crippen LogP) is 20.4. The van der Waals surface area contributed by atoms with Gasteiger partial charge in [-0.25, -0.2) is 9.13 Å². The number of carbonyl (C=O) groups excluding carboxylic acids is 4. The van der Waals surface area contributed by atoms with E-state index >= 15 is 0 Å². The summed E-state index contributed by atoms with van der Waals surface area (Å²) in [5, 5.41) is 10.6. The summed E-state index contributed by atoms with van der Waals surface area (Å²) in [6.45, 7) is 9.51. The van der Waals surface area contributed by atoms with Crippen LogP contribution in [-0.2, 0) is 65.4 Å². The topological polar surface area (TPSA) is 237 Å². The molecule has 0 spiro atoms. The number of esters is 4. The summed E-state index contributed by atoms with van der Waals surface area (Å²) in [5.41, 5.74) is 0. The number of aliphatic hydroxyl groups is 1. The number of aliphatic hydroxyl groups excluding tert-OH is 1. The number of hydrogen-bond donors (Lipinski definition) is 3. The molecular formula is C71H138O17P2. The van der Waals surface area contributed by atoms with Crippen molar-refractivity contribution in [1.29, 1.82) is 0 Å². The molecule has 0 aliphatic carbocycles. The van der Waals surface area contributed by atoms with Crippen LogP contribution in [0.15, 0.2) is 0 Å². The van der Waals surface area contributed by atoms with Crippen molar-refractivity contribution in [2.24, 2.45) is 11.8 Å². The second-order valence-corrected chi connectivity index (χ2v) is 29.3. The highest BCUT2D eigenvalue weighted by Gasteiger charge is 2.30. The Bertz CT molecular complexity index is 1750. The van der Waals surface area contributed by atoms with Crippen molar-refractivity contribution in [3.8, 4) is 0 Å². The highest BCUT2D eigenvalue weighted by atomic mass is 31.2. The lowest BCUT2D eigenvalue weighted by molar-refractivity contribution is -0.161. The quantitative estimate of drug-likeness (QED) is 0.0222. The number of ether oxygens (including phenoxy) is 4. The van der Waals surface area contributed by atoms with E-state index in [-0.39, 0.29) is 25.7 Å². The van der Waals surface area contributed by atoms with Gasteiger partial charge < -0.3 is 33.8 Å². The molecular weight excluding hydrogens is 1190 g/mol. The lowest BCUT2D eigenvalue weighted by Gasteiger charge is -2.21. The second kappa shape index (κ2) is 63.1. The van der Waals surface area contributed by atoms with Crippen LogP contribution in [0.3, 0.4) is 0 Å². The number of carbonyl (C=O) groups is 4. The summed E-state index contributed by atoms with van der Waals surface area (Å²) in [4.78, 5) is 72.5. The number of rotatable bonds is 70. The Morgan fingerprint density at radius 2 is 0.567 bits per heavy atom. The van der Waals surface area contributed by atoms with Crippen LogP contribution in [0.25, 0.3) is 0 Å². The number of phosphoric ester groups is 2. The third-order valence-electron chi connectivity index (χ3n) is 16.8. The van der Waals surface area contributed by atoms with Gasteiger partial charge in [-0.05, 0) is 37.5 Å². The molecule has 0 radical (unpaired) electrons. The minimum absolute atomic E-state index is 0.103. The molecule has 0 rings (SSSR count). The van der Waals surface area contributed by atoms with Crippen molar-refractivity contribution in [3.63, 3.8) is 0 Å². The number of unbranched alkanes of at least 4 members (excludes halogenated alkanes) is 39. The van der Waals surface area contributed by atoms with Gasteiger partial charge >= 0.3 is 39.5 Å². The van der Waals surface area contributed by atoms with Gasteiger partial charge in [0.2, 0.25) is 0 Å². The molecule has 17 nitrogen and oxygen atoms in total. The Morgan fingerprint density at radius 1 is 0.322 bits per heavy atom. The van der Waals surface area contributed by atoms with Crippen molar-refractivity contribution < 1.29 is 80.2 Å². The molecule has 0 fully saturated rings. The van der Waals surface area contributed by atoms with Crippen molar-refractivity contribution in [3.05, 3.63) is 0 Å². The third-order valence-corrected chi connectivity index (χ3v) is 18.7. The van der Waals surface area contributed by atoms with E-state index in [4.69, 9.17) is 37.0 Å². The molecule has 0 aromatic heterocycles. The van der Waals surface area contributed by atoms with Gasteiger partial charge in [-0.15, -0.1) is 0 Å². The van der Waals surface area contributed by atoms with Gasteiger partial charge in [0.05, 0.1) is 26.4 Å². The first kappa shape index (κ1) is 88.1. The fraction of sp³-hybridized carbons (Fsp3) is 0.944. The highest BCUT2D eigenvalue weighted by Crippen LogP contribution is 2.45. The van der Waals surface area contributed by atoms with Crippen LogP contribution in [0.1, 0.15) is 363 Å². The Hall–Kier alpha value is -1.94. The van der Waals surface area contributed by atoms with E-state index in [0.29, 0.717) is 25.7 Å². The Morgan fingerprint density at radius 3 is 0.844 bits per heavy atom. The SMILES string of the molecule is CCCCCCCCCCCCCCCCCC(=O)OC[C@H](COP(=O)(O)OC[C@@H](O)COP(=O)(O)OC[C@@H](COC(=O)CCCCCCCCCCC)OC(=O)CCCCCCCCC(C)CC)OC(=O)CCCCCCCCCCCCCCCC(C)C. The van der Waals surface area contributed by atoms with E-state index in [1.807, 2.05) is 0 Å². The zero-order chi connectivity index (χ0) is 66.5. The van der Waals surface area contributed by atoms with Crippen LogP contribution in [-0.4, -0.2) is 96.7 Å². The summed E-state index contributed by atoms with van der Waals surface area (Å²) in [5.74, 6) is -0.618. The molecule has 3 unspecified atom stereocenters. The van der Waals surface area contributed by atoms with Crippen molar-refractivity contribution >= 4 is 39.5 Å². The standard InChI is InChI=1S/C71H138O17P2/c1-7-10-12-14-16-18-19-20-21-24-27-31-35-42-48-54-69(74)82-59-66(87-70(75)55-49-43-36-32-28-25-22-23-26-30-33-39-45-51-63(4)5)61-85-89(77,78)83-57-65(72)58-84-90(79,80)86-62-67(60-81-68(73)53-47-41-34-29-17-15-13-11-8-2)88-71(76)56-50-44-38-37-40-46-52-64(6)9-3/h63-67,72H,7-62H2,1-6H3,(H,77,78)(H,79,80)/t64?,65-,66-,67-/m1/s1. The van der Waals surface area contributed by atoms with Gasteiger partial charge in [0.15, 0.2) is 12.2 Å². The van der Waals surface area contributed by atoms with E-state index < -0.39 is 97.5 Å². The Labute approximate surface area is 549 Å². The smallest absolute Gasteiger partial charge is 0.462 e. The van der Waals surface area contributed by atoms with Crippen LogP contribution in [0.2, 0.25) is 0 Å². The van der Waals surface area contributed by atoms with Crippen LogP contribution < -0.4 is 0 Å². The van der Waals surface area contributed by atoms with Crippen LogP contribution >= 0.6 is 15.6 Å². The fourth-order valence-corrected chi connectivity index (χ4v) is 12.3. The normalized spacial score (nSPS) is 14.4. The number of phosphoric acid groups is 2. The van der Waals surface area contributed by atoms with E-state index in [0.717, 1.165) is 102 Å². The molecule has 0 heterocycles. The Balaban J connectivity index is 5.23. The van der Waals surface area contributed by atoms with Gasteiger partial charge in [-0.3, -0.25) is 37.3 Å². The zero-order valence-corrected chi connectivity index (χ0v) is 60.2. The van der Waals surface area contributed by atoms with E-state index in [2.05, 4.69) is 41.5 Å². The summed E-state index contributed by atoms with van der Waals surface area (Å²) >= 11 is 0. The maximum Gasteiger partial charge on any atom is 0.472 e. The van der Waals surface area contributed by atoms with Gasteiger partial charge in [-0.2, -0.15) is 0 Å². The summed E-state index contributed by atoms with van der Waals surface area (Å²) < 4.78 is 68.3. The monoisotopic (exact) mass is 1320 g/mol. The zero-order valence-electron chi connectivity index (χ0n) is 58.4. The lowest BCUT2D eigenvalue weighted by Crippen LogP contribution is -2.30. The average Bonchev–Trinajstić information content (AvgIpc) is 3.63. The summed E-state index contributed by atoms with van der Waals surface area (Å²) in [6.07, 6.45) is 48.6. The molecule has 19 heteroatoms. The minimum Gasteiger partial charge on any atom is -0.462 e. The van der Waals surface area contributed by atoms with Gasteiger partial charge in [0.25, 0.3) is 0 Å². The van der Waals surface area contributed by atoms with Crippen molar-refractivity contribution in [2.75, 3.05) is 39.6 Å². The molecule has 0 amide bonds. The second-order valence-electron chi connectivity index (χ2n) is 26.3. The van der Waals surface area contributed by atoms with E-state index in [9.17, 15) is 43.2 Å². The largest absolute Gasteiger partial charge is 0.472 e. The molecule has 3 N–H and O–H groups in total. The van der Waals surface area contributed by atoms with Crippen LogP contribution in [0.4, 0.5) is 0 Å². The molecule has 534 valence electrons. The summed E-state index contributed by atoms with van der Waals surface area (Å²) in [7, 11) is -9.90. The molecule has 90 heavy (non-hydrogen) atoms. The molecule has 0 saturated carbocycles. The van der Waals surface area contributed by atoms with Crippen molar-refractivity contribution in [1.82, 2.24) is 0 Å². The molecule has 0 saturated heterocycles. The van der Waals surface area contributed by atoms with E-state index in [1.165, 1.54) is 180 Å². The van der Waals surface area contributed by atoms with Crippen LogP contribution in [0.5, 0.6) is 0 Å². The molecule has 0 aromatic rings. The molecule has 0 aromatic carbocycles. The van der Waals surface area contributed by atoms with Crippen LogP contribution in [0, 0.1) is 11.8 Å². The fourth-order valence-electron chi connectivity index (χ4n) is 10.7.